The van der Waals surface area contributed by atoms with E-state index in [1.807, 2.05) is 13.8 Å². The van der Waals surface area contributed by atoms with Gasteiger partial charge in [0.05, 0.1) is 18.5 Å². The molecular weight excluding hydrogens is 247 g/mol. The van der Waals surface area contributed by atoms with Crippen molar-refractivity contribution in [2.24, 2.45) is 0 Å². The van der Waals surface area contributed by atoms with Crippen LogP contribution in [-0.4, -0.2) is 21.9 Å². The molecule has 0 fully saturated rings. The molecule has 0 amide bonds. The first-order chi connectivity index (χ1) is 9.10. The molecule has 19 heavy (non-hydrogen) atoms. The molecule has 6 heteroatoms. The topological polar surface area (TPSA) is 66.0 Å². The van der Waals surface area contributed by atoms with Gasteiger partial charge in [-0.15, -0.1) is 0 Å². The molecular formula is C13H17FN4O. The van der Waals surface area contributed by atoms with Crippen LogP contribution in [0.3, 0.4) is 0 Å². The summed E-state index contributed by atoms with van der Waals surface area (Å²) in [6.45, 7) is 3.96. The fourth-order valence-corrected chi connectivity index (χ4v) is 1.86. The number of ether oxygens (including phenoxy) is 1. The van der Waals surface area contributed by atoms with Crippen molar-refractivity contribution in [1.29, 1.82) is 0 Å². The minimum atomic E-state index is -0.488. The monoisotopic (exact) mass is 264 g/mol. The second-order valence-electron chi connectivity index (χ2n) is 4.11. The summed E-state index contributed by atoms with van der Waals surface area (Å²) in [6, 6.07) is 2.78. The van der Waals surface area contributed by atoms with Crippen LogP contribution in [0.4, 0.5) is 10.1 Å². The van der Waals surface area contributed by atoms with Crippen LogP contribution in [0.2, 0.25) is 0 Å². The number of methoxy groups -OCH3 is 1. The van der Waals surface area contributed by atoms with E-state index in [2.05, 4.69) is 10.1 Å². The summed E-state index contributed by atoms with van der Waals surface area (Å²) < 4.78 is 20.2. The highest BCUT2D eigenvalue weighted by Gasteiger charge is 2.15. The molecule has 1 heterocycles. The van der Waals surface area contributed by atoms with Gasteiger partial charge in [-0.2, -0.15) is 5.10 Å². The van der Waals surface area contributed by atoms with Gasteiger partial charge in [0.2, 0.25) is 0 Å². The highest BCUT2D eigenvalue weighted by Crippen LogP contribution is 2.27. The number of anilines is 1. The van der Waals surface area contributed by atoms with Gasteiger partial charge in [0.15, 0.2) is 17.4 Å². The maximum Gasteiger partial charge on any atom is 0.167 e. The van der Waals surface area contributed by atoms with Gasteiger partial charge in [-0.25, -0.2) is 14.1 Å². The molecule has 0 saturated carbocycles. The first kappa shape index (κ1) is 13.3. The number of nitrogen functional groups attached to an aromatic ring is 1. The highest BCUT2D eigenvalue weighted by atomic mass is 19.1. The molecule has 2 aromatic rings. The summed E-state index contributed by atoms with van der Waals surface area (Å²) in [7, 11) is 1.41. The lowest BCUT2D eigenvalue weighted by molar-refractivity contribution is 0.386. The lowest BCUT2D eigenvalue weighted by atomic mass is 10.2. The fourth-order valence-electron chi connectivity index (χ4n) is 1.86. The smallest absolute Gasteiger partial charge is 0.167 e. The van der Waals surface area contributed by atoms with E-state index >= 15 is 0 Å². The van der Waals surface area contributed by atoms with E-state index < -0.39 is 5.82 Å². The van der Waals surface area contributed by atoms with E-state index in [0.717, 1.165) is 18.1 Å². The summed E-state index contributed by atoms with van der Waals surface area (Å²) in [5.74, 6) is 1.18. The van der Waals surface area contributed by atoms with Gasteiger partial charge in [-0.3, -0.25) is 0 Å². The SMILES string of the molecule is CCc1nc(CC)n(-c2cc(OC)c(F)cc2N)n1. The van der Waals surface area contributed by atoms with Crippen LogP contribution in [0, 0.1) is 5.82 Å². The molecule has 0 aliphatic rings. The number of aromatic nitrogens is 3. The molecule has 0 bridgehead atoms. The predicted molar refractivity (Wildman–Crippen MR) is 71.0 cm³/mol. The van der Waals surface area contributed by atoms with Gasteiger partial charge in [0, 0.05) is 25.0 Å². The number of rotatable bonds is 4. The molecule has 0 radical (unpaired) electrons. The van der Waals surface area contributed by atoms with Gasteiger partial charge < -0.3 is 10.5 Å². The largest absolute Gasteiger partial charge is 0.494 e. The molecule has 0 aliphatic heterocycles. The third kappa shape index (κ3) is 2.38. The third-order valence-corrected chi connectivity index (χ3v) is 2.88. The fraction of sp³-hybridized carbons (Fsp3) is 0.385. The lowest BCUT2D eigenvalue weighted by Gasteiger charge is -2.10. The number of nitrogens with zero attached hydrogens (tertiary/aromatic N) is 3. The average Bonchev–Trinajstić information content (AvgIpc) is 2.82. The van der Waals surface area contributed by atoms with Gasteiger partial charge >= 0.3 is 0 Å². The third-order valence-electron chi connectivity index (χ3n) is 2.88. The Balaban J connectivity index is 2.60. The molecule has 1 aromatic heterocycles. The van der Waals surface area contributed by atoms with Crippen LogP contribution in [0.5, 0.6) is 5.75 Å². The Labute approximate surface area is 111 Å². The number of hydrogen-bond donors (Lipinski definition) is 1. The molecule has 5 nitrogen and oxygen atoms in total. The Hall–Kier alpha value is -2.11. The number of nitrogens with two attached hydrogens (primary N) is 1. The Morgan fingerprint density at radius 3 is 2.63 bits per heavy atom. The zero-order valence-electron chi connectivity index (χ0n) is 11.3. The molecule has 0 spiro atoms. The molecule has 102 valence electrons. The van der Waals surface area contributed by atoms with Crippen molar-refractivity contribution >= 4 is 5.69 Å². The Bertz CT molecular complexity index is 595. The zero-order chi connectivity index (χ0) is 14.0. The van der Waals surface area contributed by atoms with Crippen LogP contribution < -0.4 is 10.5 Å². The van der Waals surface area contributed by atoms with Crippen LogP contribution in [0.25, 0.3) is 5.69 Å². The van der Waals surface area contributed by atoms with Crippen molar-refractivity contribution in [3.8, 4) is 11.4 Å². The van der Waals surface area contributed by atoms with E-state index in [1.165, 1.54) is 19.2 Å². The van der Waals surface area contributed by atoms with Gasteiger partial charge in [-0.05, 0) is 0 Å². The Morgan fingerprint density at radius 1 is 1.32 bits per heavy atom. The lowest BCUT2D eigenvalue weighted by Crippen LogP contribution is -2.07. The van der Waals surface area contributed by atoms with Gasteiger partial charge in [0.1, 0.15) is 5.82 Å². The summed E-state index contributed by atoms with van der Waals surface area (Å²) >= 11 is 0. The van der Waals surface area contributed by atoms with Crippen LogP contribution in [-0.2, 0) is 12.8 Å². The van der Waals surface area contributed by atoms with Gasteiger partial charge in [-0.1, -0.05) is 13.8 Å². The van der Waals surface area contributed by atoms with Crippen molar-refractivity contribution in [3.05, 3.63) is 29.6 Å². The van der Waals surface area contributed by atoms with Crippen molar-refractivity contribution in [3.63, 3.8) is 0 Å². The van der Waals surface area contributed by atoms with Crippen molar-refractivity contribution in [2.45, 2.75) is 26.7 Å². The van der Waals surface area contributed by atoms with E-state index in [-0.39, 0.29) is 5.75 Å². The quantitative estimate of drug-likeness (QED) is 0.859. The van der Waals surface area contributed by atoms with Crippen molar-refractivity contribution in [1.82, 2.24) is 14.8 Å². The Morgan fingerprint density at radius 2 is 2.05 bits per heavy atom. The van der Waals surface area contributed by atoms with E-state index in [9.17, 15) is 4.39 Å². The van der Waals surface area contributed by atoms with E-state index in [0.29, 0.717) is 17.8 Å². The van der Waals surface area contributed by atoms with Gasteiger partial charge in [0.25, 0.3) is 0 Å². The highest BCUT2D eigenvalue weighted by molar-refractivity contribution is 5.61. The summed E-state index contributed by atoms with van der Waals surface area (Å²) in [5.41, 5.74) is 6.76. The second kappa shape index (κ2) is 5.26. The normalized spacial score (nSPS) is 10.7. The Kier molecular flexibility index (Phi) is 3.69. The predicted octanol–water partition coefficient (Wildman–Crippen LogP) is 2.12. The average molecular weight is 264 g/mol. The van der Waals surface area contributed by atoms with Crippen molar-refractivity contribution in [2.75, 3.05) is 12.8 Å². The summed E-state index contributed by atoms with van der Waals surface area (Å²) in [6.07, 6.45) is 1.45. The minimum absolute atomic E-state index is 0.139. The van der Waals surface area contributed by atoms with Crippen molar-refractivity contribution < 1.29 is 9.13 Å². The number of benzene rings is 1. The molecule has 0 unspecified atom stereocenters. The molecule has 0 saturated heterocycles. The van der Waals surface area contributed by atoms with E-state index in [4.69, 9.17) is 10.5 Å². The molecule has 2 N–H and O–H groups in total. The number of halogens is 1. The van der Waals surface area contributed by atoms with E-state index in [1.54, 1.807) is 4.68 Å². The first-order valence-corrected chi connectivity index (χ1v) is 6.18. The van der Waals surface area contributed by atoms with Crippen LogP contribution >= 0.6 is 0 Å². The number of aryl methyl sites for hydroxylation is 2. The standard InChI is InChI=1S/C13H17FN4O/c1-4-12-16-13(5-2)18(17-12)10-7-11(19-3)8(14)6-9(10)15/h6-7H,4-5,15H2,1-3H3. The van der Waals surface area contributed by atoms with Crippen LogP contribution in [0.1, 0.15) is 25.5 Å². The van der Waals surface area contributed by atoms with Crippen LogP contribution in [0.15, 0.2) is 12.1 Å². The summed E-state index contributed by atoms with van der Waals surface area (Å²) in [5, 5.41) is 4.38. The molecule has 1 aromatic carbocycles. The first-order valence-electron chi connectivity index (χ1n) is 6.18. The zero-order valence-corrected chi connectivity index (χ0v) is 11.3. The molecule has 0 aliphatic carbocycles. The second-order valence-corrected chi connectivity index (χ2v) is 4.11. The molecule has 0 atom stereocenters. The summed E-state index contributed by atoms with van der Waals surface area (Å²) in [4.78, 5) is 4.40. The maximum absolute atomic E-state index is 13.6. The maximum atomic E-state index is 13.6. The number of hydrogen-bond acceptors (Lipinski definition) is 4. The minimum Gasteiger partial charge on any atom is -0.494 e. The molecule has 2 rings (SSSR count).